The van der Waals surface area contributed by atoms with Gasteiger partial charge in [0, 0.05) is 16.0 Å². The number of hydrogen-bond acceptors (Lipinski definition) is 4. The molecule has 0 bridgehead atoms. The van der Waals surface area contributed by atoms with Gasteiger partial charge in [-0.05, 0) is 32.3 Å². The summed E-state index contributed by atoms with van der Waals surface area (Å²) in [5, 5.41) is 6.27. The van der Waals surface area contributed by atoms with Crippen molar-refractivity contribution >= 4 is 45.6 Å². The highest BCUT2D eigenvalue weighted by Gasteiger charge is 2.11. The van der Waals surface area contributed by atoms with Crippen molar-refractivity contribution < 1.29 is 4.79 Å². The van der Waals surface area contributed by atoms with Crippen LogP contribution in [0.15, 0.2) is 23.6 Å². The lowest BCUT2D eigenvalue weighted by Gasteiger charge is -2.07. The van der Waals surface area contributed by atoms with Crippen LogP contribution in [0.25, 0.3) is 11.3 Å². The summed E-state index contributed by atoms with van der Waals surface area (Å²) in [6.45, 7) is 0.316. The number of likely N-dealkylation sites (N-methyl/N-ethyl adjacent to an activating group) is 1. The smallest absolute Gasteiger partial charge is 0.240 e. The van der Waals surface area contributed by atoms with Crippen molar-refractivity contribution in [2.75, 3.05) is 26.0 Å². The van der Waals surface area contributed by atoms with Gasteiger partial charge in [-0.15, -0.1) is 11.3 Å². The Hall–Kier alpha value is -1.14. The van der Waals surface area contributed by atoms with Gasteiger partial charge < -0.3 is 10.2 Å². The number of nitrogens with zero attached hydrogens (tertiary/aromatic N) is 2. The summed E-state index contributed by atoms with van der Waals surface area (Å²) < 4.78 is 0. The minimum atomic E-state index is -0.0990. The number of amides is 1. The fourth-order valence-electron chi connectivity index (χ4n) is 1.60. The summed E-state index contributed by atoms with van der Waals surface area (Å²) in [5.41, 5.74) is 1.51. The summed E-state index contributed by atoms with van der Waals surface area (Å²) in [6.07, 6.45) is 0. The van der Waals surface area contributed by atoms with Crippen molar-refractivity contribution in [1.82, 2.24) is 9.88 Å². The van der Waals surface area contributed by atoms with Gasteiger partial charge in [0.2, 0.25) is 5.91 Å². The van der Waals surface area contributed by atoms with Crippen molar-refractivity contribution in [1.29, 1.82) is 0 Å². The van der Waals surface area contributed by atoms with Gasteiger partial charge in [-0.3, -0.25) is 4.79 Å². The maximum atomic E-state index is 11.7. The fraction of sp³-hybridized carbons (Fsp3) is 0.231. The second kappa shape index (κ2) is 6.54. The van der Waals surface area contributed by atoms with E-state index in [1.165, 1.54) is 11.3 Å². The third-order valence-electron chi connectivity index (χ3n) is 2.42. The van der Waals surface area contributed by atoms with Crippen molar-refractivity contribution in [3.05, 3.63) is 33.6 Å². The number of thiazole rings is 1. The number of benzene rings is 1. The molecular formula is C13H13Cl2N3OS. The van der Waals surface area contributed by atoms with E-state index in [2.05, 4.69) is 10.3 Å². The topological polar surface area (TPSA) is 45.2 Å². The van der Waals surface area contributed by atoms with E-state index >= 15 is 0 Å². The molecule has 1 N–H and O–H groups in total. The van der Waals surface area contributed by atoms with Crippen LogP contribution in [-0.4, -0.2) is 36.4 Å². The molecule has 0 aliphatic rings. The molecule has 0 atom stereocenters. The average Bonchev–Trinajstić information content (AvgIpc) is 2.75. The molecule has 0 aliphatic carbocycles. The number of carbonyl (C=O) groups excluding carboxylic acids is 1. The van der Waals surface area contributed by atoms with Crippen LogP contribution in [0.2, 0.25) is 10.0 Å². The Morgan fingerprint density at radius 3 is 2.80 bits per heavy atom. The highest BCUT2D eigenvalue weighted by molar-refractivity contribution is 7.14. The molecule has 106 valence electrons. The molecule has 0 fully saturated rings. The largest absolute Gasteiger partial charge is 0.301 e. The Bertz CT molecular complexity index is 628. The lowest BCUT2D eigenvalue weighted by Crippen LogP contribution is -2.26. The molecule has 0 spiro atoms. The highest BCUT2D eigenvalue weighted by Crippen LogP contribution is 2.32. The first-order valence-electron chi connectivity index (χ1n) is 5.81. The third-order valence-corrected chi connectivity index (χ3v) is 3.72. The van der Waals surface area contributed by atoms with Crippen LogP contribution in [0.1, 0.15) is 0 Å². The first kappa shape index (κ1) is 15.3. The molecule has 2 rings (SSSR count). The average molecular weight is 330 g/mol. The van der Waals surface area contributed by atoms with Gasteiger partial charge in [-0.2, -0.15) is 0 Å². The van der Waals surface area contributed by atoms with Crippen molar-refractivity contribution in [2.45, 2.75) is 0 Å². The zero-order valence-electron chi connectivity index (χ0n) is 11.0. The van der Waals surface area contributed by atoms with Gasteiger partial charge in [0.15, 0.2) is 5.13 Å². The van der Waals surface area contributed by atoms with Crippen LogP contribution in [0.5, 0.6) is 0 Å². The van der Waals surface area contributed by atoms with Crippen LogP contribution >= 0.6 is 34.5 Å². The molecule has 1 amide bonds. The Balaban J connectivity index is 2.14. The summed E-state index contributed by atoms with van der Waals surface area (Å²) in [7, 11) is 3.67. The highest BCUT2D eigenvalue weighted by atomic mass is 35.5. The zero-order chi connectivity index (χ0) is 14.7. The first-order valence-corrected chi connectivity index (χ1v) is 7.45. The Morgan fingerprint density at radius 1 is 1.40 bits per heavy atom. The van der Waals surface area contributed by atoms with E-state index in [0.29, 0.717) is 21.7 Å². The van der Waals surface area contributed by atoms with Crippen molar-refractivity contribution in [3.63, 3.8) is 0 Å². The second-order valence-electron chi connectivity index (χ2n) is 4.45. The lowest BCUT2D eigenvalue weighted by molar-refractivity contribution is -0.116. The molecule has 0 radical (unpaired) electrons. The quantitative estimate of drug-likeness (QED) is 0.931. The SMILES string of the molecule is CN(C)CC(=O)Nc1nc(-c2ccc(Cl)cc2Cl)cs1. The van der Waals surface area contributed by atoms with E-state index < -0.39 is 0 Å². The molecule has 0 saturated heterocycles. The van der Waals surface area contributed by atoms with Crippen LogP contribution in [0.4, 0.5) is 5.13 Å². The lowest BCUT2D eigenvalue weighted by atomic mass is 10.2. The molecule has 1 heterocycles. The van der Waals surface area contributed by atoms with E-state index in [-0.39, 0.29) is 5.91 Å². The maximum Gasteiger partial charge on any atom is 0.240 e. The van der Waals surface area contributed by atoms with Gasteiger partial charge in [0.25, 0.3) is 0 Å². The summed E-state index contributed by atoms with van der Waals surface area (Å²) in [6, 6.07) is 5.24. The molecule has 0 saturated carbocycles. The molecular weight excluding hydrogens is 317 g/mol. The minimum absolute atomic E-state index is 0.0990. The van der Waals surface area contributed by atoms with Crippen LogP contribution in [-0.2, 0) is 4.79 Å². The van der Waals surface area contributed by atoms with E-state index in [4.69, 9.17) is 23.2 Å². The van der Waals surface area contributed by atoms with Crippen LogP contribution < -0.4 is 5.32 Å². The number of rotatable bonds is 4. The van der Waals surface area contributed by atoms with Gasteiger partial charge in [-0.1, -0.05) is 23.2 Å². The number of nitrogens with one attached hydrogen (secondary N) is 1. The van der Waals surface area contributed by atoms with Gasteiger partial charge in [0.05, 0.1) is 17.3 Å². The molecule has 1 aromatic carbocycles. The molecule has 1 aromatic heterocycles. The normalized spacial score (nSPS) is 10.8. The Morgan fingerprint density at radius 2 is 2.15 bits per heavy atom. The maximum absolute atomic E-state index is 11.7. The van der Waals surface area contributed by atoms with E-state index in [0.717, 1.165) is 11.3 Å². The van der Waals surface area contributed by atoms with Crippen molar-refractivity contribution in [2.24, 2.45) is 0 Å². The zero-order valence-corrected chi connectivity index (χ0v) is 13.3. The van der Waals surface area contributed by atoms with Crippen molar-refractivity contribution in [3.8, 4) is 11.3 Å². The molecule has 4 nitrogen and oxygen atoms in total. The van der Waals surface area contributed by atoms with Gasteiger partial charge in [-0.25, -0.2) is 4.98 Å². The Kier molecular flexibility index (Phi) is 4.99. The number of aromatic nitrogens is 1. The molecule has 0 aliphatic heterocycles. The van der Waals surface area contributed by atoms with Crippen LogP contribution in [0.3, 0.4) is 0 Å². The fourth-order valence-corrected chi connectivity index (χ4v) is 2.83. The monoisotopic (exact) mass is 329 g/mol. The third kappa shape index (κ3) is 3.93. The number of halogens is 2. The Labute approximate surface area is 131 Å². The van der Waals surface area contributed by atoms with E-state index in [1.54, 1.807) is 17.0 Å². The molecule has 2 aromatic rings. The molecule has 20 heavy (non-hydrogen) atoms. The molecule has 0 unspecified atom stereocenters. The van der Waals surface area contributed by atoms with E-state index in [1.807, 2.05) is 25.5 Å². The number of anilines is 1. The first-order chi connectivity index (χ1) is 9.45. The minimum Gasteiger partial charge on any atom is -0.301 e. The van der Waals surface area contributed by atoms with Gasteiger partial charge in [0.1, 0.15) is 0 Å². The number of carbonyl (C=O) groups is 1. The number of hydrogen-bond donors (Lipinski definition) is 1. The predicted molar refractivity (Wildman–Crippen MR) is 84.8 cm³/mol. The standard InChI is InChI=1S/C13H13Cl2N3OS/c1-18(2)6-12(19)17-13-16-11(7-20-13)9-4-3-8(14)5-10(9)15/h3-5,7H,6H2,1-2H3,(H,16,17,19). The van der Waals surface area contributed by atoms with Gasteiger partial charge >= 0.3 is 0 Å². The van der Waals surface area contributed by atoms with E-state index in [9.17, 15) is 4.79 Å². The summed E-state index contributed by atoms with van der Waals surface area (Å²) in [4.78, 5) is 17.8. The van der Waals surface area contributed by atoms with Crippen LogP contribution in [0, 0.1) is 0 Å². The summed E-state index contributed by atoms with van der Waals surface area (Å²) >= 11 is 13.4. The molecule has 7 heteroatoms. The summed E-state index contributed by atoms with van der Waals surface area (Å²) in [5.74, 6) is -0.0990. The second-order valence-corrected chi connectivity index (χ2v) is 6.15. The predicted octanol–water partition coefficient (Wildman–Crippen LogP) is 3.62.